The zero-order chi connectivity index (χ0) is 13.3. The molecule has 1 atom stereocenters. The summed E-state index contributed by atoms with van der Waals surface area (Å²) in [6.45, 7) is 0. The number of aromatic nitrogens is 1. The smallest absolute Gasteiger partial charge is 0.267 e. The van der Waals surface area contributed by atoms with E-state index >= 15 is 0 Å². The van der Waals surface area contributed by atoms with Crippen molar-refractivity contribution >= 4 is 29.0 Å². The van der Waals surface area contributed by atoms with Gasteiger partial charge in [0.05, 0.1) is 10.9 Å². The van der Waals surface area contributed by atoms with Gasteiger partial charge in [-0.15, -0.1) is 0 Å². The molecule has 2 aliphatic carbocycles. The lowest BCUT2D eigenvalue weighted by Gasteiger charge is -2.10. The van der Waals surface area contributed by atoms with Crippen LogP contribution in [0.3, 0.4) is 0 Å². The third-order valence-electron chi connectivity index (χ3n) is 4.28. The van der Waals surface area contributed by atoms with Crippen LogP contribution < -0.4 is 10.6 Å². The Morgan fingerprint density at radius 2 is 2.10 bits per heavy atom. The molecule has 0 radical (unpaired) electrons. The van der Waals surface area contributed by atoms with Crippen molar-refractivity contribution < 1.29 is 4.79 Å². The number of carbonyl (C=O) groups is 1. The van der Waals surface area contributed by atoms with Gasteiger partial charge in [0, 0.05) is 29.1 Å². The zero-order valence-electron chi connectivity index (χ0n) is 10.6. The molecule has 1 aliphatic heterocycles. The van der Waals surface area contributed by atoms with Gasteiger partial charge in [0.1, 0.15) is 0 Å². The molecule has 0 N–H and O–H groups in total. The molecule has 1 aromatic carbocycles. The fraction of sp³-hybridized carbons (Fsp3) is 0.118. The molecule has 3 nitrogen and oxygen atoms in total. The van der Waals surface area contributed by atoms with E-state index in [0.717, 1.165) is 16.4 Å². The van der Waals surface area contributed by atoms with Crippen LogP contribution in [-0.4, -0.2) is 10.9 Å². The highest BCUT2D eigenvalue weighted by atomic mass is 16.1. The number of hydrogen-bond acceptors (Lipinski definition) is 2. The molecule has 2 heterocycles. The summed E-state index contributed by atoms with van der Waals surface area (Å²) in [5.74, 6) is 0.375. The summed E-state index contributed by atoms with van der Waals surface area (Å²) < 4.78 is 0. The minimum atomic E-state index is -0.199. The van der Waals surface area contributed by atoms with Gasteiger partial charge in [-0.25, -0.2) is 4.99 Å². The van der Waals surface area contributed by atoms with Crippen LogP contribution in [0.1, 0.15) is 23.5 Å². The van der Waals surface area contributed by atoms with Crippen molar-refractivity contribution in [2.75, 3.05) is 0 Å². The summed E-state index contributed by atoms with van der Waals surface area (Å²) in [4.78, 5) is 19.9. The average molecular weight is 258 g/mol. The van der Waals surface area contributed by atoms with E-state index < -0.39 is 0 Å². The van der Waals surface area contributed by atoms with Crippen LogP contribution in [-0.2, 0) is 4.79 Å². The number of fused-ring (bicyclic) bond motifs is 6. The second-order valence-electron chi connectivity index (χ2n) is 5.50. The lowest BCUT2D eigenvalue weighted by atomic mass is 9.97. The van der Waals surface area contributed by atoms with Crippen LogP contribution in [0.2, 0.25) is 0 Å². The number of carbonyl (C=O) groups excluding carboxylic acids is 1. The van der Waals surface area contributed by atoms with Crippen LogP contribution in [0.25, 0.3) is 23.1 Å². The molecule has 1 saturated carbocycles. The Labute approximate surface area is 114 Å². The van der Waals surface area contributed by atoms with Crippen LogP contribution in [0.5, 0.6) is 0 Å². The molecule has 1 fully saturated rings. The topological polar surface area (TPSA) is 42.3 Å². The van der Waals surface area contributed by atoms with Gasteiger partial charge < -0.3 is 0 Å². The fourth-order valence-electron chi connectivity index (χ4n) is 3.19. The molecule has 2 aromatic rings. The number of allylic oxidation sites excluding steroid dienone is 2. The number of rotatable bonds is 0. The molecular formula is C17H10N2O. The highest BCUT2D eigenvalue weighted by Crippen LogP contribution is 2.48. The van der Waals surface area contributed by atoms with E-state index in [2.05, 4.69) is 28.2 Å². The molecule has 3 aliphatic rings. The van der Waals surface area contributed by atoms with Gasteiger partial charge >= 0.3 is 0 Å². The second kappa shape index (κ2) is 3.31. The van der Waals surface area contributed by atoms with Crippen molar-refractivity contribution in [1.82, 2.24) is 4.98 Å². The van der Waals surface area contributed by atoms with Gasteiger partial charge in [-0.2, -0.15) is 0 Å². The first-order valence-electron chi connectivity index (χ1n) is 6.74. The number of benzene rings is 1. The molecule has 5 rings (SSSR count). The summed E-state index contributed by atoms with van der Waals surface area (Å²) in [5, 5.41) is 3.14. The number of hydrogen-bond donors (Lipinski definition) is 0. The van der Waals surface area contributed by atoms with Crippen molar-refractivity contribution in [2.45, 2.75) is 12.3 Å². The molecular weight excluding hydrogens is 248 g/mol. The van der Waals surface area contributed by atoms with Crippen molar-refractivity contribution in [1.29, 1.82) is 0 Å². The minimum absolute atomic E-state index is 0.199. The number of amides is 1. The highest BCUT2D eigenvalue weighted by Gasteiger charge is 2.34. The largest absolute Gasteiger partial charge is 0.270 e. The molecule has 1 aromatic heterocycles. The van der Waals surface area contributed by atoms with E-state index in [9.17, 15) is 4.79 Å². The number of pyridine rings is 1. The van der Waals surface area contributed by atoms with Crippen molar-refractivity contribution in [2.24, 2.45) is 4.99 Å². The summed E-state index contributed by atoms with van der Waals surface area (Å²) in [5.41, 5.74) is 4.83. The Balaban J connectivity index is 1.93. The monoisotopic (exact) mass is 258 g/mol. The molecule has 0 bridgehead atoms. The Kier molecular flexibility index (Phi) is 1.70. The van der Waals surface area contributed by atoms with E-state index in [1.807, 2.05) is 18.3 Å². The maximum atomic E-state index is 11.4. The third kappa shape index (κ3) is 1.27. The quantitative estimate of drug-likeness (QED) is 0.720. The van der Waals surface area contributed by atoms with Crippen molar-refractivity contribution in [3.05, 3.63) is 57.8 Å². The molecule has 94 valence electrons. The van der Waals surface area contributed by atoms with Gasteiger partial charge in [0.15, 0.2) is 0 Å². The number of nitrogens with zero attached hydrogens (tertiary/aromatic N) is 2. The predicted molar refractivity (Wildman–Crippen MR) is 76.5 cm³/mol. The molecule has 1 amide bonds. The van der Waals surface area contributed by atoms with Gasteiger partial charge in [0.2, 0.25) is 0 Å². The van der Waals surface area contributed by atoms with E-state index in [0.29, 0.717) is 5.92 Å². The summed E-state index contributed by atoms with van der Waals surface area (Å²) in [7, 11) is 0. The van der Waals surface area contributed by atoms with Crippen LogP contribution >= 0.6 is 0 Å². The Morgan fingerprint density at radius 3 is 3.05 bits per heavy atom. The summed E-state index contributed by atoms with van der Waals surface area (Å²) in [6, 6.07) is 4.05. The lowest BCUT2D eigenvalue weighted by Crippen LogP contribution is -2.16. The minimum Gasteiger partial charge on any atom is -0.267 e. The molecule has 0 spiro atoms. The van der Waals surface area contributed by atoms with E-state index in [-0.39, 0.29) is 5.91 Å². The Morgan fingerprint density at radius 1 is 1.15 bits per heavy atom. The van der Waals surface area contributed by atoms with Crippen molar-refractivity contribution in [3.63, 3.8) is 0 Å². The first-order chi connectivity index (χ1) is 9.79. The summed E-state index contributed by atoms with van der Waals surface area (Å²) in [6.07, 6.45) is 10.8. The first-order valence-corrected chi connectivity index (χ1v) is 6.74. The van der Waals surface area contributed by atoms with E-state index in [4.69, 9.17) is 0 Å². The van der Waals surface area contributed by atoms with Crippen LogP contribution in [0.15, 0.2) is 41.0 Å². The normalized spacial score (nSPS) is 21.3. The standard InChI is InChI=1S/C17H10N2O/c20-16-4-3-10-6-13-15(7-14(10)19-16)18-8-11-2-1-9-5-12(9)17(11)13/h1-4,6-8,12H,5H2. The lowest BCUT2D eigenvalue weighted by molar-refractivity contribution is -0.113. The SMILES string of the molecule is O=C1C=Cc2cc3c4c(cnc3cc2=N1)=CC=C1CC14. The maximum Gasteiger partial charge on any atom is 0.270 e. The van der Waals surface area contributed by atoms with E-state index in [1.54, 1.807) is 0 Å². The predicted octanol–water partition coefficient (Wildman–Crippen LogP) is 1.62. The van der Waals surface area contributed by atoms with Gasteiger partial charge in [-0.1, -0.05) is 17.7 Å². The zero-order valence-corrected chi connectivity index (χ0v) is 10.6. The maximum absolute atomic E-state index is 11.4. The first kappa shape index (κ1) is 10.3. The Hall–Kier alpha value is -2.55. The van der Waals surface area contributed by atoms with Crippen LogP contribution in [0, 0.1) is 0 Å². The summed E-state index contributed by atoms with van der Waals surface area (Å²) >= 11 is 0. The Bertz CT molecular complexity index is 996. The van der Waals surface area contributed by atoms with Gasteiger partial charge in [-0.05, 0) is 35.4 Å². The van der Waals surface area contributed by atoms with Crippen LogP contribution in [0.4, 0.5) is 0 Å². The molecule has 20 heavy (non-hydrogen) atoms. The molecule has 3 heteroatoms. The highest BCUT2D eigenvalue weighted by molar-refractivity contribution is 5.96. The van der Waals surface area contributed by atoms with Gasteiger partial charge in [-0.3, -0.25) is 9.78 Å². The van der Waals surface area contributed by atoms with E-state index in [1.165, 1.54) is 34.2 Å². The average Bonchev–Trinajstić information content (AvgIpc) is 3.24. The van der Waals surface area contributed by atoms with Crippen molar-refractivity contribution in [3.8, 4) is 0 Å². The molecule has 1 unspecified atom stereocenters. The second-order valence-corrected chi connectivity index (χ2v) is 5.50. The fourth-order valence-corrected chi connectivity index (χ4v) is 3.19. The molecule has 0 saturated heterocycles. The third-order valence-corrected chi connectivity index (χ3v) is 4.28. The van der Waals surface area contributed by atoms with Gasteiger partial charge in [0.25, 0.3) is 5.91 Å².